The van der Waals surface area contributed by atoms with Crippen molar-refractivity contribution in [3.05, 3.63) is 65.0 Å². The summed E-state index contributed by atoms with van der Waals surface area (Å²) in [6.07, 6.45) is 0. The molecule has 0 aliphatic carbocycles. The summed E-state index contributed by atoms with van der Waals surface area (Å²) in [6.45, 7) is 1.38. The minimum Gasteiger partial charge on any atom is -0.301 e. The van der Waals surface area contributed by atoms with E-state index in [0.717, 1.165) is 33.4 Å². The number of anilines is 1. The Hall–Kier alpha value is -2.69. The summed E-state index contributed by atoms with van der Waals surface area (Å²) in [5.74, 6) is -1.49. The predicted molar refractivity (Wildman–Crippen MR) is 107 cm³/mol. The molecular weight excluding hydrogens is 420 g/mol. The molecule has 1 N–H and O–H groups in total. The van der Waals surface area contributed by atoms with E-state index in [1.807, 2.05) is 6.92 Å². The molecule has 29 heavy (non-hydrogen) atoms. The number of nitrogens with zero attached hydrogens (tertiary/aromatic N) is 2. The fraction of sp³-hybridized carbons (Fsp3) is 0.158. The van der Waals surface area contributed by atoms with Crippen molar-refractivity contribution in [1.82, 2.24) is 9.29 Å². The maximum absolute atomic E-state index is 13.1. The standard InChI is InChI=1S/C19H17F2N3O3S2/c1-12-18(13-3-5-14(20)6-4-13)23-19(28-12)22-17(25)11-24(2)29(26,27)16-9-7-15(21)8-10-16/h3-10H,11H2,1-2H3,(H,22,23,25). The Morgan fingerprint density at radius 1 is 1.07 bits per heavy atom. The fourth-order valence-corrected chi connectivity index (χ4v) is 4.54. The molecule has 1 aromatic heterocycles. The molecule has 1 amide bonds. The van der Waals surface area contributed by atoms with Crippen molar-refractivity contribution in [2.24, 2.45) is 0 Å². The molecule has 0 unspecified atom stereocenters. The lowest BCUT2D eigenvalue weighted by molar-refractivity contribution is -0.116. The van der Waals surface area contributed by atoms with Crippen LogP contribution in [0, 0.1) is 18.6 Å². The second-order valence-electron chi connectivity index (χ2n) is 6.19. The van der Waals surface area contributed by atoms with Gasteiger partial charge in [0.25, 0.3) is 0 Å². The molecular formula is C19H17F2N3O3S2. The van der Waals surface area contributed by atoms with Crippen molar-refractivity contribution in [2.75, 3.05) is 18.9 Å². The van der Waals surface area contributed by atoms with Gasteiger partial charge in [0.2, 0.25) is 15.9 Å². The van der Waals surface area contributed by atoms with E-state index in [0.29, 0.717) is 16.4 Å². The first-order valence-electron chi connectivity index (χ1n) is 8.42. The van der Waals surface area contributed by atoms with Crippen LogP contribution in [0.1, 0.15) is 4.88 Å². The third-order valence-corrected chi connectivity index (χ3v) is 6.75. The highest BCUT2D eigenvalue weighted by molar-refractivity contribution is 7.89. The summed E-state index contributed by atoms with van der Waals surface area (Å²) >= 11 is 1.23. The zero-order valence-corrected chi connectivity index (χ0v) is 17.2. The summed E-state index contributed by atoms with van der Waals surface area (Å²) in [4.78, 5) is 17.3. The lowest BCUT2D eigenvalue weighted by atomic mass is 10.1. The average Bonchev–Trinajstić information content (AvgIpc) is 3.02. The van der Waals surface area contributed by atoms with Crippen LogP contribution in [-0.2, 0) is 14.8 Å². The van der Waals surface area contributed by atoms with E-state index in [-0.39, 0.29) is 10.7 Å². The number of amides is 1. The highest BCUT2D eigenvalue weighted by Gasteiger charge is 2.23. The quantitative estimate of drug-likeness (QED) is 0.638. The third-order valence-electron chi connectivity index (χ3n) is 4.05. The van der Waals surface area contributed by atoms with Crippen molar-refractivity contribution < 1.29 is 22.0 Å². The number of aromatic nitrogens is 1. The molecule has 0 radical (unpaired) electrons. The number of halogens is 2. The molecule has 0 atom stereocenters. The molecule has 2 aromatic carbocycles. The maximum Gasteiger partial charge on any atom is 0.243 e. The van der Waals surface area contributed by atoms with Crippen molar-refractivity contribution >= 4 is 32.4 Å². The van der Waals surface area contributed by atoms with Crippen LogP contribution >= 0.6 is 11.3 Å². The SMILES string of the molecule is Cc1sc(NC(=O)CN(C)S(=O)(=O)c2ccc(F)cc2)nc1-c1ccc(F)cc1. The van der Waals surface area contributed by atoms with Gasteiger partial charge in [0, 0.05) is 17.5 Å². The fourth-order valence-electron chi connectivity index (χ4n) is 2.56. The Morgan fingerprint density at radius 2 is 1.62 bits per heavy atom. The minimum absolute atomic E-state index is 0.113. The first-order chi connectivity index (χ1) is 13.7. The molecule has 6 nitrogen and oxygen atoms in total. The first-order valence-corrected chi connectivity index (χ1v) is 10.7. The van der Waals surface area contributed by atoms with Crippen LogP contribution in [-0.4, -0.2) is 37.2 Å². The highest BCUT2D eigenvalue weighted by atomic mass is 32.2. The first kappa shape index (κ1) is 21.0. The van der Waals surface area contributed by atoms with Gasteiger partial charge < -0.3 is 5.32 Å². The van der Waals surface area contributed by atoms with Gasteiger partial charge in [-0.05, 0) is 55.5 Å². The van der Waals surface area contributed by atoms with Crippen LogP contribution < -0.4 is 5.32 Å². The van der Waals surface area contributed by atoms with Crippen LogP contribution in [0.4, 0.5) is 13.9 Å². The van der Waals surface area contributed by atoms with Gasteiger partial charge in [-0.25, -0.2) is 22.2 Å². The van der Waals surface area contributed by atoms with Crippen molar-refractivity contribution in [3.63, 3.8) is 0 Å². The molecule has 10 heteroatoms. The molecule has 0 spiro atoms. The molecule has 0 saturated carbocycles. The maximum atomic E-state index is 13.1. The van der Waals surface area contributed by atoms with Gasteiger partial charge in [-0.3, -0.25) is 4.79 Å². The summed E-state index contributed by atoms with van der Waals surface area (Å²) < 4.78 is 51.9. The van der Waals surface area contributed by atoms with E-state index in [9.17, 15) is 22.0 Å². The molecule has 3 rings (SSSR count). The van der Waals surface area contributed by atoms with Crippen LogP contribution in [0.3, 0.4) is 0 Å². The normalized spacial score (nSPS) is 11.6. The topological polar surface area (TPSA) is 79.4 Å². The second kappa shape index (κ2) is 8.36. The smallest absolute Gasteiger partial charge is 0.243 e. The Labute approximate surface area is 170 Å². The molecule has 0 bridgehead atoms. The third kappa shape index (κ3) is 4.84. The largest absolute Gasteiger partial charge is 0.301 e. The molecule has 0 fully saturated rings. The number of sulfonamides is 1. The molecule has 0 aliphatic heterocycles. The van der Waals surface area contributed by atoms with E-state index in [4.69, 9.17) is 0 Å². The molecule has 152 valence electrons. The molecule has 0 aliphatic rings. The molecule has 3 aromatic rings. The average molecular weight is 437 g/mol. The second-order valence-corrected chi connectivity index (χ2v) is 9.44. The number of benzene rings is 2. The van der Waals surface area contributed by atoms with E-state index in [2.05, 4.69) is 10.3 Å². The summed E-state index contributed by atoms with van der Waals surface area (Å²) in [5.41, 5.74) is 1.31. The number of rotatable bonds is 6. The Balaban J connectivity index is 1.70. The Bertz CT molecular complexity index is 1130. The van der Waals surface area contributed by atoms with E-state index in [1.54, 1.807) is 12.1 Å². The number of carbonyl (C=O) groups is 1. The van der Waals surface area contributed by atoms with Crippen LogP contribution in [0.25, 0.3) is 11.3 Å². The van der Waals surface area contributed by atoms with Gasteiger partial charge in [-0.1, -0.05) is 0 Å². The number of likely N-dealkylation sites (N-methyl/N-ethyl adjacent to an activating group) is 1. The zero-order valence-electron chi connectivity index (χ0n) is 15.5. The van der Waals surface area contributed by atoms with Crippen molar-refractivity contribution in [3.8, 4) is 11.3 Å². The molecule has 0 saturated heterocycles. The van der Waals surface area contributed by atoms with Crippen LogP contribution in [0.5, 0.6) is 0 Å². The van der Waals surface area contributed by atoms with Gasteiger partial charge in [-0.2, -0.15) is 4.31 Å². The Kier molecular flexibility index (Phi) is 6.06. The van der Waals surface area contributed by atoms with Crippen molar-refractivity contribution in [1.29, 1.82) is 0 Å². The van der Waals surface area contributed by atoms with Gasteiger partial charge in [0.1, 0.15) is 11.6 Å². The number of hydrogen-bond donors (Lipinski definition) is 1. The lowest BCUT2D eigenvalue weighted by Crippen LogP contribution is -2.34. The van der Waals surface area contributed by atoms with Crippen LogP contribution in [0.2, 0.25) is 0 Å². The van der Waals surface area contributed by atoms with Gasteiger partial charge in [-0.15, -0.1) is 11.3 Å². The number of aryl methyl sites for hydroxylation is 1. The summed E-state index contributed by atoms with van der Waals surface area (Å²) in [5, 5.41) is 2.88. The van der Waals surface area contributed by atoms with E-state index < -0.39 is 28.3 Å². The summed E-state index contributed by atoms with van der Waals surface area (Å²) in [7, 11) is -2.68. The molecule has 1 heterocycles. The van der Waals surface area contributed by atoms with Gasteiger partial charge in [0.05, 0.1) is 17.1 Å². The summed E-state index contributed by atoms with van der Waals surface area (Å²) in [6, 6.07) is 10.2. The van der Waals surface area contributed by atoms with E-state index >= 15 is 0 Å². The van der Waals surface area contributed by atoms with E-state index in [1.165, 1.54) is 30.5 Å². The van der Waals surface area contributed by atoms with Crippen LogP contribution in [0.15, 0.2) is 53.4 Å². The minimum atomic E-state index is -3.94. The highest BCUT2D eigenvalue weighted by Crippen LogP contribution is 2.30. The van der Waals surface area contributed by atoms with Gasteiger partial charge in [0.15, 0.2) is 5.13 Å². The predicted octanol–water partition coefficient (Wildman–Crippen LogP) is 3.66. The number of hydrogen-bond acceptors (Lipinski definition) is 5. The number of carbonyl (C=O) groups excluding carboxylic acids is 1. The van der Waals surface area contributed by atoms with Gasteiger partial charge >= 0.3 is 0 Å². The Morgan fingerprint density at radius 3 is 2.21 bits per heavy atom. The monoisotopic (exact) mass is 437 g/mol. The number of nitrogens with one attached hydrogen (secondary N) is 1. The van der Waals surface area contributed by atoms with Crippen molar-refractivity contribution in [2.45, 2.75) is 11.8 Å². The number of thiazole rings is 1. The zero-order chi connectivity index (χ0) is 21.2. The lowest BCUT2D eigenvalue weighted by Gasteiger charge is -2.16.